The number of halogens is 1. The number of benzene rings is 2. The van der Waals surface area contributed by atoms with Gasteiger partial charge in [-0.3, -0.25) is 4.79 Å². The highest BCUT2D eigenvalue weighted by Gasteiger charge is 2.38. The lowest BCUT2D eigenvalue weighted by Gasteiger charge is -2.26. The van der Waals surface area contributed by atoms with Crippen LogP contribution in [0.2, 0.25) is 0 Å². The van der Waals surface area contributed by atoms with E-state index in [0.29, 0.717) is 51.9 Å². The summed E-state index contributed by atoms with van der Waals surface area (Å²) in [5.41, 5.74) is 1.83. The molecule has 11 heteroatoms. The molecule has 0 radical (unpaired) electrons. The third-order valence-electron chi connectivity index (χ3n) is 5.46. The number of likely N-dealkylation sites (N-methyl/N-ethyl adjacent to an activating group) is 1. The third-order valence-corrected chi connectivity index (χ3v) is 8.35. The number of sulfone groups is 1. The average molecular weight is 530 g/mol. The third kappa shape index (κ3) is 4.25. The smallest absolute Gasteiger partial charge is 0.264 e. The lowest BCUT2D eigenvalue weighted by Crippen LogP contribution is -2.35. The molecule has 0 saturated heterocycles. The molecule has 2 aromatic carbocycles. The minimum absolute atomic E-state index is 0.0149. The van der Waals surface area contributed by atoms with Crippen LogP contribution in [-0.2, 0) is 14.6 Å². The van der Waals surface area contributed by atoms with Gasteiger partial charge in [0.2, 0.25) is 5.95 Å². The molecule has 0 unspecified atom stereocenters. The number of carbonyl (C=O) groups excluding carboxylic acids is 1. The van der Waals surface area contributed by atoms with Gasteiger partial charge in [0.25, 0.3) is 5.91 Å². The van der Waals surface area contributed by atoms with Crippen LogP contribution >= 0.6 is 15.9 Å². The zero-order chi connectivity index (χ0) is 23.2. The summed E-state index contributed by atoms with van der Waals surface area (Å²) in [6.45, 7) is -0.0149. The van der Waals surface area contributed by atoms with Crippen molar-refractivity contribution >= 4 is 60.5 Å². The molecule has 0 spiro atoms. The Bertz CT molecular complexity index is 1360. The van der Waals surface area contributed by atoms with Gasteiger partial charge in [-0.05, 0) is 53.0 Å². The SMILES string of the molecule is CN1C(=O)COc2cc(Nc3ncc(Br)c(Nc4ccccc4S(=O)(=O)C4CC4)n3)ccc21. The summed E-state index contributed by atoms with van der Waals surface area (Å²) >= 11 is 3.43. The fraction of sp³-hybridized carbons (Fsp3) is 0.227. The number of nitrogens with one attached hydrogen (secondary N) is 2. The number of aromatic nitrogens is 2. The molecule has 9 nitrogen and oxygen atoms in total. The minimum atomic E-state index is -3.38. The Hall–Kier alpha value is -3.18. The van der Waals surface area contributed by atoms with E-state index in [-0.39, 0.29) is 22.7 Å². The minimum Gasteiger partial charge on any atom is -0.481 e. The predicted molar refractivity (Wildman–Crippen MR) is 128 cm³/mol. The Kier molecular flexibility index (Phi) is 5.45. The molecule has 1 aromatic heterocycles. The van der Waals surface area contributed by atoms with E-state index in [1.165, 1.54) is 0 Å². The number of fused-ring (bicyclic) bond motifs is 1. The topological polar surface area (TPSA) is 114 Å². The Balaban J connectivity index is 1.41. The molecule has 2 N–H and O–H groups in total. The largest absolute Gasteiger partial charge is 0.481 e. The maximum Gasteiger partial charge on any atom is 0.264 e. The summed E-state index contributed by atoms with van der Waals surface area (Å²) in [6.07, 6.45) is 2.96. The van der Waals surface area contributed by atoms with E-state index in [9.17, 15) is 13.2 Å². The highest BCUT2D eigenvalue weighted by atomic mass is 79.9. The summed E-state index contributed by atoms with van der Waals surface area (Å²) < 4.78 is 31.8. The summed E-state index contributed by atoms with van der Waals surface area (Å²) in [4.78, 5) is 22.4. The molecular formula is C22H20BrN5O4S. The van der Waals surface area contributed by atoms with Gasteiger partial charge in [-0.1, -0.05) is 12.1 Å². The highest BCUT2D eigenvalue weighted by Crippen LogP contribution is 2.38. The van der Waals surface area contributed by atoms with Crippen LogP contribution in [0.1, 0.15) is 12.8 Å². The van der Waals surface area contributed by atoms with Crippen molar-refractivity contribution in [2.45, 2.75) is 23.0 Å². The predicted octanol–water partition coefficient (Wildman–Crippen LogP) is 4.02. The summed E-state index contributed by atoms with van der Waals surface area (Å²) in [6, 6.07) is 12.2. The van der Waals surface area contributed by atoms with Gasteiger partial charge in [0.1, 0.15) is 11.6 Å². The fourth-order valence-corrected chi connectivity index (χ4v) is 5.60. The Morgan fingerprint density at radius 2 is 1.94 bits per heavy atom. The molecule has 5 rings (SSSR count). The number of rotatable bonds is 6. The van der Waals surface area contributed by atoms with Gasteiger partial charge < -0.3 is 20.3 Å². The summed E-state index contributed by atoms with van der Waals surface area (Å²) in [7, 11) is -1.68. The average Bonchev–Trinajstić information content (AvgIpc) is 3.65. The lowest BCUT2D eigenvalue weighted by atomic mass is 10.2. The Morgan fingerprint density at radius 1 is 1.15 bits per heavy atom. The number of carbonyl (C=O) groups is 1. The highest BCUT2D eigenvalue weighted by molar-refractivity contribution is 9.10. The second-order valence-electron chi connectivity index (χ2n) is 7.80. The molecule has 0 bridgehead atoms. The number of hydrogen-bond acceptors (Lipinski definition) is 8. The number of anilines is 5. The van der Waals surface area contributed by atoms with Crippen LogP contribution < -0.4 is 20.3 Å². The fourth-order valence-electron chi connectivity index (χ4n) is 3.50. The van der Waals surface area contributed by atoms with Gasteiger partial charge >= 0.3 is 0 Å². The first-order valence-electron chi connectivity index (χ1n) is 10.3. The van der Waals surface area contributed by atoms with Crippen LogP contribution in [0.15, 0.2) is 58.0 Å². The molecule has 3 aromatic rings. The quantitative estimate of drug-likeness (QED) is 0.492. The molecule has 2 heterocycles. The van der Waals surface area contributed by atoms with Gasteiger partial charge in [0.15, 0.2) is 16.4 Å². The zero-order valence-corrected chi connectivity index (χ0v) is 20.0. The van der Waals surface area contributed by atoms with Crippen LogP contribution in [0.3, 0.4) is 0 Å². The second kappa shape index (κ2) is 8.31. The number of amides is 1. The zero-order valence-electron chi connectivity index (χ0n) is 17.6. The normalized spacial score (nSPS) is 15.6. The van der Waals surface area contributed by atoms with Gasteiger partial charge in [0, 0.05) is 25.0 Å². The molecule has 1 fully saturated rings. The number of ether oxygens (including phenoxy) is 1. The van der Waals surface area contributed by atoms with E-state index in [1.54, 1.807) is 60.6 Å². The van der Waals surface area contributed by atoms with Crippen molar-refractivity contribution in [3.63, 3.8) is 0 Å². The van der Waals surface area contributed by atoms with E-state index in [4.69, 9.17) is 4.74 Å². The molecule has 1 saturated carbocycles. The van der Waals surface area contributed by atoms with Gasteiger partial charge in [-0.25, -0.2) is 13.4 Å². The lowest BCUT2D eigenvalue weighted by molar-refractivity contribution is -0.120. The Morgan fingerprint density at radius 3 is 2.73 bits per heavy atom. The van der Waals surface area contributed by atoms with Gasteiger partial charge in [-0.2, -0.15) is 4.98 Å². The van der Waals surface area contributed by atoms with Crippen LogP contribution in [0, 0.1) is 0 Å². The molecule has 170 valence electrons. The first kappa shape index (κ1) is 21.7. The standard InChI is InChI=1S/C22H20BrN5O4S/c1-28-17-9-6-13(10-18(17)32-12-20(28)29)25-22-24-11-15(23)21(27-22)26-16-4-2-3-5-19(16)33(30,31)14-7-8-14/h2-6,9-11,14H,7-8,12H2,1H3,(H2,24,25,26,27). The maximum absolute atomic E-state index is 12.8. The Labute approximate surface area is 199 Å². The first-order chi connectivity index (χ1) is 15.8. The van der Waals surface area contributed by atoms with Crippen LogP contribution in [-0.4, -0.2) is 43.2 Å². The van der Waals surface area contributed by atoms with Crippen molar-refractivity contribution in [1.82, 2.24) is 9.97 Å². The second-order valence-corrected chi connectivity index (χ2v) is 10.9. The van der Waals surface area contributed by atoms with Crippen molar-refractivity contribution in [3.05, 3.63) is 53.1 Å². The molecule has 1 aliphatic carbocycles. The van der Waals surface area contributed by atoms with E-state index in [2.05, 4.69) is 36.5 Å². The van der Waals surface area contributed by atoms with Gasteiger partial charge in [0.05, 0.1) is 26.0 Å². The number of hydrogen-bond donors (Lipinski definition) is 2. The van der Waals surface area contributed by atoms with E-state index < -0.39 is 9.84 Å². The number of para-hydroxylation sites is 1. The maximum atomic E-state index is 12.8. The molecule has 0 atom stereocenters. The number of nitrogens with zero attached hydrogens (tertiary/aromatic N) is 3. The monoisotopic (exact) mass is 529 g/mol. The van der Waals surface area contributed by atoms with E-state index in [1.807, 2.05) is 0 Å². The van der Waals surface area contributed by atoms with Crippen molar-refractivity contribution in [2.75, 3.05) is 29.2 Å². The first-order valence-corrected chi connectivity index (χ1v) is 12.6. The molecule has 33 heavy (non-hydrogen) atoms. The summed E-state index contributed by atoms with van der Waals surface area (Å²) in [5.74, 6) is 1.20. The van der Waals surface area contributed by atoms with Gasteiger partial charge in [-0.15, -0.1) is 0 Å². The van der Waals surface area contributed by atoms with Crippen LogP contribution in [0.5, 0.6) is 5.75 Å². The molecular weight excluding hydrogens is 510 g/mol. The van der Waals surface area contributed by atoms with Crippen molar-refractivity contribution < 1.29 is 17.9 Å². The van der Waals surface area contributed by atoms with Crippen LogP contribution in [0.25, 0.3) is 0 Å². The molecule has 1 amide bonds. The van der Waals surface area contributed by atoms with E-state index in [0.717, 1.165) is 0 Å². The van der Waals surface area contributed by atoms with Crippen molar-refractivity contribution in [3.8, 4) is 5.75 Å². The summed E-state index contributed by atoms with van der Waals surface area (Å²) in [5, 5.41) is 5.94. The molecule has 1 aliphatic heterocycles. The van der Waals surface area contributed by atoms with E-state index >= 15 is 0 Å². The van der Waals surface area contributed by atoms with Crippen LogP contribution in [0.4, 0.5) is 28.8 Å². The van der Waals surface area contributed by atoms with Crippen molar-refractivity contribution in [1.29, 1.82) is 0 Å². The molecule has 2 aliphatic rings. The van der Waals surface area contributed by atoms with Crippen molar-refractivity contribution in [2.24, 2.45) is 0 Å².